The zero-order valence-corrected chi connectivity index (χ0v) is 14.4. The van der Waals surface area contributed by atoms with Gasteiger partial charge in [-0.2, -0.15) is 0 Å². The van der Waals surface area contributed by atoms with Crippen LogP contribution < -0.4 is 10.2 Å². The fourth-order valence-electron chi connectivity index (χ4n) is 2.12. The Hall–Kier alpha value is -1.36. The van der Waals surface area contributed by atoms with Gasteiger partial charge >= 0.3 is 0 Å². The van der Waals surface area contributed by atoms with Gasteiger partial charge in [-0.15, -0.1) is 0 Å². The van der Waals surface area contributed by atoms with Crippen molar-refractivity contribution in [3.63, 3.8) is 0 Å². The standard InChI is InChI=1S/C16H30N4O/c1-7-9-17-15-13(4)16(19-14(18-15)12(2)3)20(5)10-8-11-21-6/h12H,7-11H2,1-6H3,(H,17,18,19). The molecule has 5 nitrogen and oxygen atoms in total. The number of hydrogen-bond donors (Lipinski definition) is 1. The third kappa shape index (κ3) is 5.16. The van der Waals surface area contributed by atoms with E-state index in [1.807, 2.05) is 0 Å². The Morgan fingerprint density at radius 1 is 1.29 bits per heavy atom. The van der Waals surface area contributed by atoms with Gasteiger partial charge in [0.2, 0.25) is 0 Å². The van der Waals surface area contributed by atoms with E-state index >= 15 is 0 Å². The van der Waals surface area contributed by atoms with E-state index in [9.17, 15) is 0 Å². The van der Waals surface area contributed by atoms with Crippen molar-refractivity contribution in [2.24, 2.45) is 0 Å². The first-order valence-corrected chi connectivity index (χ1v) is 7.83. The largest absolute Gasteiger partial charge is 0.385 e. The number of nitrogens with zero attached hydrogens (tertiary/aromatic N) is 3. The molecule has 0 aliphatic carbocycles. The van der Waals surface area contributed by atoms with Crippen LogP contribution in [0.2, 0.25) is 0 Å². The third-order valence-corrected chi connectivity index (χ3v) is 3.40. The minimum atomic E-state index is 0.318. The van der Waals surface area contributed by atoms with E-state index in [1.165, 1.54) is 0 Å². The topological polar surface area (TPSA) is 50.3 Å². The maximum atomic E-state index is 5.13. The van der Waals surface area contributed by atoms with E-state index in [1.54, 1.807) is 7.11 Å². The van der Waals surface area contributed by atoms with Gasteiger partial charge < -0.3 is 15.0 Å². The summed E-state index contributed by atoms with van der Waals surface area (Å²) in [5, 5.41) is 3.42. The SMILES string of the molecule is CCCNc1nc(C(C)C)nc(N(C)CCCOC)c1C. The van der Waals surface area contributed by atoms with E-state index < -0.39 is 0 Å². The molecule has 5 heteroatoms. The predicted molar refractivity (Wildman–Crippen MR) is 89.4 cm³/mol. The molecule has 0 radical (unpaired) electrons. The number of methoxy groups -OCH3 is 1. The molecule has 1 aromatic heterocycles. The van der Waals surface area contributed by atoms with Crippen LogP contribution in [0.5, 0.6) is 0 Å². The zero-order valence-electron chi connectivity index (χ0n) is 14.4. The molecule has 120 valence electrons. The summed E-state index contributed by atoms with van der Waals surface area (Å²) >= 11 is 0. The zero-order chi connectivity index (χ0) is 15.8. The lowest BCUT2D eigenvalue weighted by atomic mass is 10.2. The van der Waals surface area contributed by atoms with Crippen LogP contribution in [0.25, 0.3) is 0 Å². The van der Waals surface area contributed by atoms with Gasteiger partial charge in [-0.3, -0.25) is 0 Å². The summed E-state index contributed by atoms with van der Waals surface area (Å²) < 4.78 is 5.13. The van der Waals surface area contributed by atoms with Crippen molar-refractivity contribution in [2.45, 2.75) is 46.5 Å². The van der Waals surface area contributed by atoms with E-state index in [-0.39, 0.29) is 0 Å². The van der Waals surface area contributed by atoms with Gasteiger partial charge in [0.05, 0.1) is 0 Å². The second kappa shape index (κ2) is 8.82. The molecule has 0 spiro atoms. The van der Waals surface area contributed by atoms with Crippen LogP contribution in [0.1, 0.15) is 50.9 Å². The van der Waals surface area contributed by atoms with Crippen LogP contribution in [0.15, 0.2) is 0 Å². The number of anilines is 2. The summed E-state index contributed by atoms with van der Waals surface area (Å²) in [6.45, 7) is 11.1. The van der Waals surface area contributed by atoms with Crippen molar-refractivity contribution in [3.05, 3.63) is 11.4 Å². The fraction of sp³-hybridized carbons (Fsp3) is 0.750. The number of nitrogens with one attached hydrogen (secondary N) is 1. The highest BCUT2D eigenvalue weighted by Gasteiger charge is 2.15. The molecule has 0 unspecified atom stereocenters. The second-order valence-corrected chi connectivity index (χ2v) is 5.73. The normalized spacial score (nSPS) is 11.0. The first-order chi connectivity index (χ1) is 10.0. The molecule has 0 saturated heterocycles. The summed E-state index contributed by atoms with van der Waals surface area (Å²) in [6, 6.07) is 0. The van der Waals surface area contributed by atoms with Crippen molar-refractivity contribution in [1.29, 1.82) is 0 Å². The molecule has 0 aromatic carbocycles. The van der Waals surface area contributed by atoms with E-state index in [0.29, 0.717) is 5.92 Å². The Morgan fingerprint density at radius 2 is 2.00 bits per heavy atom. The van der Waals surface area contributed by atoms with Gasteiger partial charge in [0.25, 0.3) is 0 Å². The summed E-state index contributed by atoms with van der Waals surface area (Å²) in [5.41, 5.74) is 1.12. The van der Waals surface area contributed by atoms with Crippen molar-refractivity contribution >= 4 is 11.6 Å². The van der Waals surface area contributed by atoms with Crippen molar-refractivity contribution in [2.75, 3.05) is 44.1 Å². The molecule has 0 amide bonds. The van der Waals surface area contributed by atoms with Crippen LogP contribution >= 0.6 is 0 Å². The smallest absolute Gasteiger partial charge is 0.137 e. The molecule has 0 aliphatic heterocycles. The number of aromatic nitrogens is 2. The van der Waals surface area contributed by atoms with Gasteiger partial charge in [0.1, 0.15) is 17.5 Å². The first-order valence-electron chi connectivity index (χ1n) is 7.83. The van der Waals surface area contributed by atoms with Gasteiger partial charge in [-0.05, 0) is 19.8 Å². The highest BCUT2D eigenvalue weighted by molar-refractivity contribution is 5.58. The minimum Gasteiger partial charge on any atom is -0.385 e. The van der Waals surface area contributed by atoms with E-state index in [0.717, 1.165) is 55.6 Å². The number of hydrogen-bond acceptors (Lipinski definition) is 5. The van der Waals surface area contributed by atoms with Crippen LogP contribution in [-0.2, 0) is 4.74 Å². The summed E-state index contributed by atoms with van der Waals surface area (Å²) in [6.07, 6.45) is 2.07. The Morgan fingerprint density at radius 3 is 2.57 bits per heavy atom. The summed E-state index contributed by atoms with van der Waals surface area (Å²) in [5.74, 6) is 3.19. The Kier molecular flexibility index (Phi) is 7.43. The van der Waals surface area contributed by atoms with Gasteiger partial charge in [0.15, 0.2) is 0 Å². The average molecular weight is 294 g/mol. The predicted octanol–water partition coefficient (Wildman–Crippen LogP) is 3.20. The number of ether oxygens (including phenoxy) is 1. The Labute approximate surface area is 129 Å². The average Bonchev–Trinajstić information content (AvgIpc) is 2.46. The first kappa shape index (κ1) is 17.7. The number of rotatable bonds is 9. The van der Waals surface area contributed by atoms with Gasteiger partial charge in [0, 0.05) is 45.3 Å². The second-order valence-electron chi connectivity index (χ2n) is 5.73. The van der Waals surface area contributed by atoms with Crippen molar-refractivity contribution < 1.29 is 4.74 Å². The molecule has 0 bridgehead atoms. The molecule has 0 saturated carbocycles. The maximum Gasteiger partial charge on any atom is 0.137 e. The molecule has 1 N–H and O–H groups in total. The fourth-order valence-corrected chi connectivity index (χ4v) is 2.12. The summed E-state index contributed by atoms with van der Waals surface area (Å²) in [4.78, 5) is 11.6. The van der Waals surface area contributed by atoms with Crippen LogP contribution in [0.4, 0.5) is 11.6 Å². The van der Waals surface area contributed by atoms with Crippen LogP contribution in [0.3, 0.4) is 0 Å². The molecule has 0 aliphatic rings. The Bertz CT molecular complexity index is 435. The monoisotopic (exact) mass is 294 g/mol. The highest BCUT2D eigenvalue weighted by Crippen LogP contribution is 2.25. The summed E-state index contributed by atoms with van der Waals surface area (Å²) in [7, 11) is 3.82. The molecule has 0 atom stereocenters. The molecule has 0 fully saturated rings. The third-order valence-electron chi connectivity index (χ3n) is 3.40. The van der Waals surface area contributed by atoms with Crippen LogP contribution in [0, 0.1) is 6.92 Å². The van der Waals surface area contributed by atoms with E-state index in [4.69, 9.17) is 9.72 Å². The van der Waals surface area contributed by atoms with Crippen LogP contribution in [-0.4, -0.2) is 43.8 Å². The lowest BCUT2D eigenvalue weighted by Gasteiger charge is -2.23. The molecule has 1 aromatic rings. The van der Waals surface area contributed by atoms with Gasteiger partial charge in [-0.1, -0.05) is 20.8 Å². The maximum absolute atomic E-state index is 5.13. The molecule has 1 heterocycles. The molecular weight excluding hydrogens is 264 g/mol. The quantitative estimate of drug-likeness (QED) is 0.709. The lowest BCUT2D eigenvalue weighted by molar-refractivity contribution is 0.196. The van der Waals surface area contributed by atoms with Crippen molar-refractivity contribution in [3.8, 4) is 0 Å². The minimum absolute atomic E-state index is 0.318. The molecule has 1 rings (SSSR count). The molecular formula is C16H30N4O. The van der Waals surface area contributed by atoms with Crippen molar-refractivity contribution in [1.82, 2.24) is 9.97 Å². The Balaban J connectivity index is 3.01. The lowest BCUT2D eigenvalue weighted by Crippen LogP contribution is -2.23. The van der Waals surface area contributed by atoms with Gasteiger partial charge in [-0.25, -0.2) is 9.97 Å². The van der Waals surface area contributed by atoms with E-state index in [2.05, 4.69) is 49.9 Å². The molecule has 21 heavy (non-hydrogen) atoms. The highest BCUT2D eigenvalue weighted by atomic mass is 16.5.